The number of hydrogen-bond donors (Lipinski definition) is 4. The van der Waals surface area contributed by atoms with E-state index >= 15 is 0 Å². The number of aromatic nitrogens is 9. The minimum atomic E-state index is -0.527. The maximum absolute atomic E-state index is 14.2. The van der Waals surface area contributed by atoms with Crippen molar-refractivity contribution in [2.24, 2.45) is 28.3 Å². The van der Waals surface area contributed by atoms with Crippen LogP contribution in [0.25, 0.3) is 0 Å². The molecule has 0 saturated carbocycles. The number of rotatable bonds is 26. The Kier molecular flexibility index (Phi) is 19.7. The second-order valence-electron chi connectivity index (χ2n) is 16.1. The van der Waals surface area contributed by atoms with E-state index in [4.69, 9.17) is 47.1 Å². The number of nitrogens with two attached hydrogens (primary N) is 2. The van der Waals surface area contributed by atoms with E-state index in [0.29, 0.717) is 141 Å². The zero-order valence-electron chi connectivity index (χ0n) is 37.8. The zero-order chi connectivity index (χ0) is 45.8. The Morgan fingerprint density at radius 1 is 0.797 bits per heavy atom. The number of amides is 2. The molecule has 2 aliphatic rings. The Hall–Kier alpha value is -5.70. The number of carbonyl (C=O) groups is 2. The van der Waals surface area contributed by atoms with Gasteiger partial charge in [0.1, 0.15) is 18.7 Å². The van der Waals surface area contributed by atoms with E-state index in [-0.39, 0.29) is 42.8 Å². The number of carbonyl (C=O) groups excluding carboxylic acids is 2. The van der Waals surface area contributed by atoms with Gasteiger partial charge in [-0.05, 0) is 24.7 Å². The van der Waals surface area contributed by atoms with Gasteiger partial charge in [0.15, 0.2) is 5.96 Å². The van der Waals surface area contributed by atoms with Gasteiger partial charge in [-0.25, -0.2) is 9.36 Å². The van der Waals surface area contributed by atoms with Crippen molar-refractivity contribution in [3.63, 3.8) is 0 Å². The lowest BCUT2D eigenvalue weighted by Gasteiger charge is -2.38. The van der Waals surface area contributed by atoms with Crippen molar-refractivity contribution >= 4 is 35.6 Å². The number of nitrogens with zero attached hydrogens (tertiary/aromatic N) is 14. The highest BCUT2D eigenvalue weighted by Crippen LogP contribution is 2.26. The predicted octanol–water partition coefficient (Wildman–Crippen LogP) is -0.628. The highest BCUT2D eigenvalue weighted by molar-refractivity contribution is 5.81. The third kappa shape index (κ3) is 14.4. The summed E-state index contributed by atoms with van der Waals surface area (Å²) < 4.78 is 19.8. The first-order chi connectivity index (χ1) is 31.0. The van der Waals surface area contributed by atoms with Gasteiger partial charge in [-0.3, -0.25) is 14.6 Å². The topological polar surface area (TPSA) is 272 Å². The molecule has 2 amide bonds. The van der Waals surface area contributed by atoms with Gasteiger partial charge in [-0.15, -0.1) is 16.6 Å². The van der Waals surface area contributed by atoms with E-state index in [1.807, 2.05) is 29.8 Å². The summed E-state index contributed by atoms with van der Waals surface area (Å²) in [5, 5.41) is 29.7. The second kappa shape index (κ2) is 25.6. The Labute approximate surface area is 375 Å². The maximum atomic E-state index is 14.2. The lowest BCUT2D eigenvalue weighted by molar-refractivity contribution is -0.137. The van der Waals surface area contributed by atoms with Crippen molar-refractivity contribution < 1.29 is 28.9 Å². The van der Waals surface area contributed by atoms with Gasteiger partial charge in [0.05, 0.1) is 44.4 Å². The molecule has 3 aromatic heterocycles. The number of aliphatic hydroxyl groups is 1. The number of aliphatic imine (C=N–C) groups is 1. The van der Waals surface area contributed by atoms with Crippen LogP contribution in [0.4, 0.5) is 17.8 Å². The molecular formula is C41H67N17O6. The van der Waals surface area contributed by atoms with Crippen molar-refractivity contribution in [1.29, 1.82) is 0 Å². The monoisotopic (exact) mass is 894 g/mol. The highest BCUT2D eigenvalue weighted by atomic mass is 16.5. The summed E-state index contributed by atoms with van der Waals surface area (Å²) in [6.07, 6.45) is 11.3. The Balaban J connectivity index is 1.23. The van der Waals surface area contributed by atoms with Crippen LogP contribution in [-0.4, -0.2) is 189 Å². The van der Waals surface area contributed by atoms with E-state index in [1.165, 1.54) is 0 Å². The maximum Gasteiger partial charge on any atom is 0.247 e. The molecule has 6 N–H and O–H groups in total. The number of nitrogens with one attached hydrogen (secondary N) is 1. The standard InChI is InChI=1S/C41H67N17O6/c1-6-22-62-24-26-64-27-25-63-23-12-45-39-46-40(55-17-13-53(14-18-55)36(60)34(30(3)4)57-29-33(10-21-59)50-51-57)48-41(47-39)56-19-15-54(16-20-56)37(61)35(31(5)7-2)58-28-32(49-52-58)9-8-11-44-38(42)43/h1,28-31,34-35,59H,7-27H2,2-5H3,(H4,42,43,44)(H,45,46,47,48)/t31-,34-,35-/m0/s1. The van der Waals surface area contributed by atoms with Crippen molar-refractivity contribution in [3.05, 3.63) is 23.8 Å². The van der Waals surface area contributed by atoms with Crippen LogP contribution in [0.2, 0.25) is 0 Å². The lowest BCUT2D eigenvalue weighted by Crippen LogP contribution is -2.52. The average molecular weight is 894 g/mol. The number of guanidine groups is 1. The molecule has 0 unspecified atom stereocenters. The molecular weight excluding hydrogens is 827 g/mol. The summed E-state index contributed by atoms with van der Waals surface area (Å²) in [5.74, 6) is 3.79. The fraction of sp³-hybridized carbons (Fsp3) is 0.707. The van der Waals surface area contributed by atoms with Crippen LogP contribution in [0.1, 0.15) is 64.0 Å². The normalized spacial score (nSPS) is 15.8. The van der Waals surface area contributed by atoms with Crippen LogP contribution in [0.5, 0.6) is 0 Å². The van der Waals surface area contributed by atoms with Gasteiger partial charge in [-0.1, -0.05) is 50.5 Å². The molecule has 23 nitrogen and oxygen atoms in total. The number of piperazine rings is 2. The second-order valence-corrected chi connectivity index (χ2v) is 16.1. The molecule has 64 heavy (non-hydrogen) atoms. The number of terminal acetylenes is 1. The van der Waals surface area contributed by atoms with Crippen LogP contribution in [-0.2, 0) is 36.6 Å². The SMILES string of the molecule is C#CCOCCOCCOCCNc1nc(N2CCN(C(=O)[C@H](C(C)C)n3cc(CCO)nn3)CC2)nc(N2CCN(C(=O)[C@H]([C@@H](C)CC)n3cc(CCCN=C(N)N)nn3)CC2)n1. The largest absolute Gasteiger partial charge is 0.396 e. The molecule has 23 heteroatoms. The van der Waals surface area contributed by atoms with E-state index in [1.54, 1.807) is 15.6 Å². The van der Waals surface area contributed by atoms with Crippen molar-refractivity contribution in [2.45, 2.75) is 65.5 Å². The van der Waals surface area contributed by atoms with E-state index in [2.05, 4.69) is 60.5 Å². The molecule has 3 atom stereocenters. The Morgan fingerprint density at radius 2 is 1.33 bits per heavy atom. The minimum Gasteiger partial charge on any atom is -0.396 e. The molecule has 5 heterocycles. The summed E-state index contributed by atoms with van der Waals surface area (Å²) in [6, 6.07) is -1.03. The molecule has 0 aromatic carbocycles. The number of hydrogen-bond acceptors (Lipinski definition) is 17. The first-order valence-electron chi connectivity index (χ1n) is 22.2. The van der Waals surface area contributed by atoms with Crippen molar-refractivity contribution in [1.82, 2.24) is 54.7 Å². The molecule has 2 fully saturated rings. The average Bonchev–Trinajstić information content (AvgIpc) is 3.96. The van der Waals surface area contributed by atoms with Gasteiger partial charge >= 0.3 is 0 Å². The first-order valence-corrected chi connectivity index (χ1v) is 22.2. The van der Waals surface area contributed by atoms with Gasteiger partial charge in [0.2, 0.25) is 29.7 Å². The van der Waals surface area contributed by atoms with Gasteiger partial charge in [-0.2, -0.15) is 15.0 Å². The van der Waals surface area contributed by atoms with E-state index in [0.717, 1.165) is 12.1 Å². The minimum absolute atomic E-state index is 0.00572. The first kappa shape index (κ1) is 49.3. The molecule has 352 valence electrons. The predicted molar refractivity (Wildman–Crippen MR) is 239 cm³/mol. The van der Waals surface area contributed by atoms with Crippen LogP contribution >= 0.6 is 0 Å². The molecule has 2 saturated heterocycles. The van der Waals surface area contributed by atoms with E-state index < -0.39 is 12.1 Å². The third-order valence-corrected chi connectivity index (χ3v) is 11.1. The summed E-state index contributed by atoms with van der Waals surface area (Å²) in [5.41, 5.74) is 12.3. The van der Waals surface area contributed by atoms with Crippen LogP contribution in [0, 0.1) is 24.2 Å². The van der Waals surface area contributed by atoms with Crippen LogP contribution < -0.4 is 26.6 Å². The zero-order valence-corrected chi connectivity index (χ0v) is 37.8. The smallest absolute Gasteiger partial charge is 0.247 e. The summed E-state index contributed by atoms with van der Waals surface area (Å²) in [7, 11) is 0. The number of aryl methyl sites for hydroxylation is 1. The molecule has 2 aliphatic heterocycles. The molecule has 0 radical (unpaired) electrons. The summed E-state index contributed by atoms with van der Waals surface area (Å²) >= 11 is 0. The number of anilines is 3. The quantitative estimate of drug-likeness (QED) is 0.0338. The third-order valence-electron chi connectivity index (χ3n) is 11.1. The van der Waals surface area contributed by atoms with Gasteiger partial charge in [0, 0.05) is 90.9 Å². The van der Waals surface area contributed by atoms with Crippen LogP contribution in [0.15, 0.2) is 17.4 Å². The fourth-order valence-corrected chi connectivity index (χ4v) is 7.40. The summed E-state index contributed by atoms with van der Waals surface area (Å²) in [4.78, 5) is 54.6. The molecule has 5 rings (SSSR count). The molecule has 3 aromatic rings. The lowest BCUT2D eigenvalue weighted by atomic mass is 9.97. The number of aliphatic hydroxyl groups excluding tert-OH is 1. The molecule has 0 spiro atoms. The van der Waals surface area contributed by atoms with Crippen molar-refractivity contribution in [3.8, 4) is 12.3 Å². The van der Waals surface area contributed by atoms with Crippen LogP contribution in [0.3, 0.4) is 0 Å². The Morgan fingerprint density at radius 3 is 1.86 bits per heavy atom. The van der Waals surface area contributed by atoms with Gasteiger partial charge in [0.25, 0.3) is 0 Å². The molecule has 0 aliphatic carbocycles. The Bertz CT molecular complexity index is 1950. The number of ether oxygens (including phenoxy) is 3. The van der Waals surface area contributed by atoms with Crippen molar-refractivity contribution in [2.75, 3.05) is 127 Å². The van der Waals surface area contributed by atoms with E-state index in [9.17, 15) is 14.7 Å². The highest BCUT2D eigenvalue weighted by Gasteiger charge is 2.35. The summed E-state index contributed by atoms with van der Waals surface area (Å²) in [6.45, 7) is 15.2. The van der Waals surface area contributed by atoms with Gasteiger partial charge < -0.3 is 55.7 Å². The molecule has 0 bridgehead atoms. The fourth-order valence-electron chi connectivity index (χ4n) is 7.40.